The van der Waals surface area contributed by atoms with Crippen molar-refractivity contribution in [3.05, 3.63) is 60.2 Å². The van der Waals surface area contributed by atoms with Crippen LogP contribution in [0.25, 0.3) is 0 Å². The van der Waals surface area contributed by atoms with Crippen LogP contribution in [-0.2, 0) is 22.4 Å². The lowest BCUT2D eigenvalue weighted by atomic mass is 9.88. The Hall–Kier alpha value is -2.96. The third kappa shape index (κ3) is 3.63. The van der Waals surface area contributed by atoms with Crippen molar-refractivity contribution in [2.45, 2.75) is 24.8 Å². The minimum atomic E-state index is -0.487. The van der Waals surface area contributed by atoms with E-state index in [1.165, 1.54) is 0 Å². The van der Waals surface area contributed by atoms with E-state index in [4.69, 9.17) is 4.74 Å². The molecule has 2 amide bonds. The zero-order valence-corrected chi connectivity index (χ0v) is 15.1. The maximum absolute atomic E-state index is 12.8. The highest BCUT2D eigenvalue weighted by molar-refractivity contribution is 5.78. The fraction of sp³-hybridized carbons (Fsp3) is 0.400. The Morgan fingerprint density at radius 2 is 2.04 bits per heavy atom. The number of amides is 2. The highest BCUT2D eigenvalue weighted by Gasteiger charge is 2.51. The Balaban J connectivity index is 1.46. The third-order valence-corrected chi connectivity index (χ3v) is 5.28. The van der Waals surface area contributed by atoms with Gasteiger partial charge in [0.2, 0.25) is 5.91 Å². The van der Waals surface area contributed by atoms with E-state index in [2.05, 4.69) is 9.97 Å². The molecule has 1 aromatic heterocycles. The minimum Gasteiger partial charge on any atom is -0.447 e. The molecule has 0 spiro atoms. The topological polar surface area (TPSA) is 75.6 Å². The van der Waals surface area contributed by atoms with Gasteiger partial charge in [-0.1, -0.05) is 30.3 Å². The lowest BCUT2D eigenvalue weighted by Crippen LogP contribution is -2.63. The predicted octanol–water partition coefficient (Wildman–Crippen LogP) is 1.69. The van der Waals surface area contributed by atoms with Crippen LogP contribution in [0.15, 0.2) is 48.9 Å². The van der Waals surface area contributed by atoms with Crippen molar-refractivity contribution in [1.29, 1.82) is 0 Å². The van der Waals surface area contributed by atoms with Crippen molar-refractivity contribution >= 4 is 12.0 Å². The van der Waals surface area contributed by atoms with Crippen LogP contribution < -0.4 is 0 Å². The number of hydrogen-bond donors (Lipinski definition) is 0. The first-order valence-corrected chi connectivity index (χ1v) is 9.17. The maximum Gasteiger partial charge on any atom is 0.410 e. The van der Waals surface area contributed by atoms with E-state index < -0.39 is 5.54 Å². The molecule has 2 saturated heterocycles. The van der Waals surface area contributed by atoms with Crippen LogP contribution in [0.4, 0.5) is 4.79 Å². The van der Waals surface area contributed by atoms with E-state index in [9.17, 15) is 9.59 Å². The summed E-state index contributed by atoms with van der Waals surface area (Å²) in [6, 6.07) is 10.0. The molecule has 2 aliphatic rings. The third-order valence-electron chi connectivity index (χ3n) is 5.28. The first kappa shape index (κ1) is 17.5. The predicted molar refractivity (Wildman–Crippen MR) is 97.9 cm³/mol. The van der Waals surface area contributed by atoms with E-state index in [0.29, 0.717) is 45.5 Å². The summed E-state index contributed by atoms with van der Waals surface area (Å²) in [6.07, 6.45) is 6.28. The fourth-order valence-electron chi connectivity index (χ4n) is 3.90. The Bertz CT molecular complexity index is 814. The van der Waals surface area contributed by atoms with Gasteiger partial charge >= 0.3 is 6.09 Å². The van der Waals surface area contributed by atoms with Gasteiger partial charge in [0.05, 0.1) is 5.69 Å². The second-order valence-corrected chi connectivity index (χ2v) is 7.10. The molecule has 140 valence electrons. The van der Waals surface area contributed by atoms with Crippen LogP contribution in [-0.4, -0.2) is 63.5 Å². The molecule has 0 N–H and O–H groups in total. The molecule has 2 fully saturated rings. The smallest absolute Gasteiger partial charge is 0.410 e. The molecule has 0 aliphatic carbocycles. The summed E-state index contributed by atoms with van der Waals surface area (Å²) in [5.41, 5.74) is 1.45. The molecule has 2 aromatic rings. The summed E-state index contributed by atoms with van der Waals surface area (Å²) in [4.78, 5) is 36.9. The number of hydrogen-bond acceptors (Lipinski definition) is 5. The number of aromatic nitrogens is 2. The van der Waals surface area contributed by atoms with Gasteiger partial charge in [-0.2, -0.15) is 0 Å². The number of piperazine rings is 1. The van der Waals surface area contributed by atoms with Gasteiger partial charge in [-0.25, -0.2) is 4.79 Å². The van der Waals surface area contributed by atoms with E-state index >= 15 is 0 Å². The summed E-state index contributed by atoms with van der Waals surface area (Å²) in [6.45, 7) is 1.84. The molecule has 7 heteroatoms. The van der Waals surface area contributed by atoms with Crippen LogP contribution in [0.5, 0.6) is 0 Å². The zero-order chi connectivity index (χ0) is 18.7. The van der Waals surface area contributed by atoms with Gasteiger partial charge in [0.1, 0.15) is 12.1 Å². The summed E-state index contributed by atoms with van der Waals surface area (Å²) >= 11 is 0. The normalized spacial score (nSPS) is 21.7. The molecular formula is C20H22N4O3. The van der Waals surface area contributed by atoms with Crippen molar-refractivity contribution in [2.24, 2.45) is 0 Å². The van der Waals surface area contributed by atoms with Crippen molar-refractivity contribution in [1.82, 2.24) is 19.8 Å². The number of rotatable bonds is 5. The second kappa shape index (κ2) is 7.34. The number of carbonyl (C=O) groups is 2. The standard InChI is InChI=1S/C20H22N4O3/c25-18(7-6-17-13-21-8-9-22-17)23-10-11-24-19(26)27-15-20(24,14-23)12-16-4-2-1-3-5-16/h1-5,8-9,13H,6-7,10-12,14-15H2. The molecule has 0 radical (unpaired) electrons. The second-order valence-electron chi connectivity index (χ2n) is 7.10. The van der Waals surface area contributed by atoms with Crippen LogP contribution >= 0.6 is 0 Å². The van der Waals surface area contributed by atoms with Gasteiger partial charge in [-0.05, 0) is 12.0 Å². The Morgan fingerprint density at radius 1 is 1.19 bits per heavy atom. The molecule has 3 heterocycles. The monoisotopic (exact) mass is 366 g/mol. The van der Waals surface area contributed by atoms with E-state index in [0.717, 1.165) is 11.3 Å². The maximum atomic E-state index is 12.8. The molecule has 27 heavy (non-hydrogen) atoms. The van der Waals surface area contributed by atoms with Crippen LogP contribution in [0, 0.1) is 0 Å². The molecule has 4 rings (SSSR count). The van der Waals surface area contributed by atoms with Gasteiger partial charge in [0, 0.05) is 51.1 Å². The summed E-state index contributed by atoms with van der Waals surface area (Å²) in [5.74, 6) is 0.0760. The average Bonchev–Trinajstić information content (AvgIpc) is 3.03. The lowest BCUT2D eigenvalue weighted by Gasteiger charge is -2.44. The highest BCUT2D eigenvalue weighted by Crippen LogP contribution is 2.32. The lowest BCUT2D eigenvalue weighted by molar-refractivity contribution is -0.135. The van der Waals surface area contributed by atoms with Gasteiger partial charge in [0.25, 0.3) is 0 Å². The van der Waals surface area contributed by atoms with E-state index in [-0.39, 0.29) is 12.0 Å². The molecule has 0 saturated carbocycles. The number of aryl methyl sites for hydroxylation is 1. The molecule has 2 aliphatic heterocycles. The molecular weight excluding hydrogens is 344 g/mol. The highest BCUT2D eigenvalue weighted by atomic mass is 16.6. The van der Waals surface area contributed by atoms with Crippen molar-refractivity contribution in [3.8, 4) is 0 Å². The van der Waals surface area contributed by atoms with Gasteiger partial charge in [-0.15, -0.1) is 0 Å². The Morgan fingerprint density at radius 3 is 2.81 bits per heavy atom. The molecule has 1 atom stereocenters. The Kier molecular flexibility index (Phi) is 4.75. The number of nitrogens with zero attached hydrogens (tertiary/aromatic N) is 4. The number of ether oxygens (including phenoxy) is 1. The largest absolute Gasteiger partial charge is 0.447 e. The van der Waals surface area contributed by atoms with Crippen LogP contribution in [0.1, 0.15) is 17.7 Å². The number of carbonyl (C=O) groups excluding carboxylic acids is 2. The Labute approximate surface area is 158 Å². The molecule has 0 bridgehead atoms. The van der Waals surface area contributed by atoms with Gasteiger partial charge in [-0.3, -0.25) is 19.7 Å². The van der Waals surface area contributed by atoms with Crippen LogP contribution in [0.2, 0.25) is 0 Å². The van der Waals surface area contributed by atoms with E-state index in [1.807, 2.05) is 35.2 Å². The molecule has 1 aromatic carbocycles. The van der Waals surface area contributed by atoms with Crippen LogP contribution in [0.3, 0.4) is 0 Å². The summed E-state index contributed by atoms with van der Waals surface area (Å²) in [5, 5.41) is 0. The quantitative estimate of drug-likeness (QED) is 0.805. The number of cyclic esters (lactones) is 1. The van der Waals surface area contributed by atoms with Gasteiger partial charge in [0.15, 0.2) is 0 Å². The number of fused-ring (bicyclic) bond motifs is 1. The molecule has 7 nitrogen and oxygen atoms in total. The van der Waals surface area contributed by atoms with Gasteiger partial charge < -0.3 is 9.64 Å². The minimum absolute atomic E-state index is 0.0760. The van der Waals surface area contributed by atoms with E-state index in [1.54, 1.807) is 23.5 Å². The first-order chi connectivity index (χ1) is 13.2. The fourth-order valence-corrected chi connectivity index (χ4v) is 3.90. The zero-order valence-electron chi connectivity index (χ0n) is 15.1. The summed E-state index contributed by atoms with van der Waals surface area (Å²) < 4.78 is 5.36. The van der Waals surface area contributed by atoms with Crippen molar-refractivity contribution in [3.63, 3.8) is 0 Å². The SMILES string of the molecule is O=C(CCc1cnccn1)N1CCN2C(=O)OCC2(Cc2ccccc2)C1. The average molecular weight is 366 g/mol. The number of benzene rings is 1. The molecule has 1 unspecified atom stereocenters. The van der Waals surface area contributed by atoms with Crippen molar-refractivity contribution in [2.75, 3.05) is 26.2 Å². The van der Waals surface area contributed by atoms with Crippen molar-refractivity contribution < 1.29 is 14.3 Å². The summed E-state index contributed by atoms with van der Waals surface area (Å²) in [7, 11) is 0. The first-order valence-electron chi connectivity index (χ1n) is 9.17.